The van der Waals surface area contributed by atoms with Crippen LogP contribution in [0.2, 0.25) is 0 Å². The van der Waals surface area contributed by atoms with E-state index in [2.05, 4.69) is 46.2 Å². The second-order valence-corrected chi connectivity index (χ2v) is 12.0. The molecule has 3 aromatic carbocycles. The molecule has 0 fully saturated rings. The highest BCUT2D eigenvalue weighted by Crippen LogP contribution is 2.30. The van der Waals surface area contributed by atoms with Crippen molar-refractivity contribution in [2.45, 2.75) is 24.3 Å². The maximum Gasteiger partial charge on any atom is 0.261 e. The van der Waals surface area contributed by atoms with Gasteiger partial charge in [0.05, 0.1) is 16.7 Å². The van der Waals surface area contributed by atoms with Crippen molar-refractivity contribution in [2.75, 3.05) is 17.8 Å². The van der Waals surface area contributed by atoms with Crippen molar-refractivity contribution < 1.29 is 13.5 Å². The first-order chi connectivity index (χ1) is 19.4. The molecule has 0 aliphatic carbocycles. The first-order valence-corrected chi connectivity index (χ1v) is 15.3. The molecule has 1 unspecified atom stereocenters. The fourth-order valence-corrected chi connectivity index (χ4v) is 6.05. The third-order valence-electron chi connectivity index (χ3n) is 6.47. The number of rotatable bonds is 11. The van der Waals surface area contributed by atoms with Crippen molar-refractivity contribution in [1.82, 2.24) is 15.3 Å². The summed E-state index contributed by atoms with van der Waals surface area (Å²) in [5.41, 5.74) is 6.35. The van der Waals surface area contributed by atoms with Crippen LogP contribution >= 0.6 is 11.3 Å². The summed E-state index contributed by atoms with van der Waals surface area (Å²) < 4.78 is 28.6. The van der Waals surface area contributed by atoms with Crippen LogP contribution in [0.4, 0.5) is 5.69 Å². The number of aromatic nitrogens is 2. The van der Waals surface area contributed by atoms with E-state index in [0.717, 1.165) is 39.4 Å². The molecular formula is C31H30N4O3S2. The van der Waals surface area contributed by atoms with Crippen LogP contribution in [-0.2, 0) is 16.4 Å². The number of aliphatic hydroxyl groups is 1. The van der Waals surface area contributed by atoms with Crippen LogP contribution in [0.15, 0.2) is 108 Å². The highest BCUT2D eigenvalue weighted by atomic mass is 32.2. The number of nitrogens with zero attached hydrogens (tertiary/aromatic N) is 2. The molecule has 0 aliphatic rings. The maximum atomic E-state index is 13.0. The van der Waals surface area contributed by atoms with Crippen molar-refractivity contribution >= 4 is 27.0 Å². The molecule has 0 aliphatic heterocycles. The predicted octanol–water partition coefficient (Wildman–Crippen LogP) is 5.85. The van der Waals surface area contributed by atoms with E-state index >= 15 is 0 Å². The molecule has 204 valence electrons. The Morgan fingerprint density at radius 2 is 1.65 bits per heavy atom. The zero-order chi connectivity index (χ0) is 28.0. The zero-order valence-electron chi connectivity index (χ0n) is 22.0. The molecule has 7 nitrogen and oxygen atoms in total. The summed E-state index contributed by atoms with van der Waals surface area (Å²) in [4.78, 5) is 8.94. The van der Waals surface area contributed by atoms with E-state index in [1.54, 1.807) is 54.9 Å². The number of aryl methyl sites for hydroxylation is 1. The van der Waals surface area contributed by atoms with Crippen LogP contribution in [0.25, 0.3) is 21.8 Å². The smallest absolute Gasteiger partial charge is 0.261 e. The van der Waals surface area contributed by atoms with E-state index in [9.17, 15) is 13.5 Å². The van der Waals surface area contributed by atoms with Gasteiger partial charge in [0.1, 0.15) is 5.01 Å². The molecular weight excluding hydrogens is 541 g/mol. The van der Waals surface area contributed by atoms with Crippen molar-refractivity contribution in [2.24, 2.45) is 0 Å². The zero-order valence-corrected chi connectivity index (χ0v) is 23.6. The Kier molecular flexibility index (Phi) is 8.66. The van der Waals surface area contributed by atoms with Gasteiger partial charge in [-0.15, -0.1) is 11.3 Å². The number of thiazole rings is 1. The summed E-state index contributed by atoms with van der Waals surface area (Å²) in [6.07, 6.45) is 3.46. The summed E-state index contributed by atoms with van der Waals surface area (Å²) in [5.74, 6) is 0. The van der Waals surface area contributed by atoms with Crippen LogP contribution < -0.4 is 10.0 Å². The molecule has 2 aromatic heterocycles. The number of nitrogens with one attached hydrogen (secondary N) is 2. The second-order valence-electron chi connectivity index (χ2n) is 9.49. The van der Waals surface area contributed by atoms with Gasteiger partial charge in [-0.05, 0) is 55.8 Å². The molecule has 0 amide bonds. The van der Waals surface area contributed by atoms with Crippen LogP contribution in [0, 0.1) is 6.92 Å². The minimum Gasteiger partial charge on any atom is -0.387 e. The Labute approximate surface area is 238 Å². The van der Waals surface area contributed by atoms with E-state index in [-0.39, 0.29) is 4.90 Å². The summed E-state index contributed by atoms with van der Waals surface area (Å²) in [5, 5.41) is 16.3. The average Bonchev–Trinajstić information content (AvgIpc) is 3.47. The molecule has 3 N–H and O–H groups in total. The van der Waals surface area contributed by atoms with Gasteiger partial charge in [-0.1, -0.05) is 60.2 Å². The molecule has 0 spiro atoms. The van der Waals surface area contributed by atoms with Crippen molar-refractivity contribution in [1.29, 1.82) is 0 Å². The van der Waals surface area contributed by atoms with Gasteiger partial charge in [0, 0.05) is 46.7 Å². The topological polar surface area (TPSA) is 104 Å². The van der Waals surface area contributed by atoms with E-state index in [1.807, 2.05) is 23.6 Å². The molecule has 0 bridgehead atoms. The van der Waals surface area contributed by atoms with Gasteiger partial charge in [-0.25, -0.2) is 13.4 Å². The Morgan fingerprint density at radius 3 is 2.35 bits per heavy atom. The fourth-order valence-electron chi connectivity index (χ4n) is 4.16. The number of sulfonamides is 1. The van der Waals surface area contributed by atoms with E-state index in [1.165, 1.54) is 16.9 Å². The summed E-state index contributed by atoms with van der Waals surface area (Å²) in [7, 11) is -3.74. The highest BCUT2D eigenvalue weighted by Gasteiger charge is 2.15. The Balaban J connectivity index is 1.14. The Morgan fingerprint density at radius 1 is 0.925 bits per heavy atom. The monoisotopic (exact) mass is 570 g/mol. The molecule has 0 radical (unpaired) electrons. The first kappa shape index (κ1) is 27.7. The normalized spacial score (nSPS) is 12.2. The lowest BCUT2D eigenvalue weighted by molar-refractivity contribution is 0.174. The van der Waals surface area contributed by atoms with Crippen LogP contribution in [-0.4, -0.2) is 36.6 Å². The van der Waals surface area contributed by atoms with Gasteiger partial charge < -0.3 is 10.4 Å². The highest BCUT2D eigenvalue weighted by molar-refractivity contribution is 7.92. The molecule has 40 heavy (non-hydrogen) atoms. The Hall–Kier alpha value is -3.89. The molecule has 2 heterocycles. The van der Waals surface area contributed by atoms with Crippen molar-refractivity contribution in [3.05, 3.63) is 119 Å². The number of hydrogen-bond donors (Lipinski definition) is 3. The van der Waals surface area contributed by atoms with Gasteiger partial charge >= 0.3 is 0 Å². The fraction of sp³-hybridized carbons (Fsp3) is 0.161. The van der Waals surface area contributed by atoms with Crippen molar-refractivity contribution in [3.63, 3.8) is 0 Å². The number of hydrogen-bond acceptors (Lipinski definition) is 7. The third kappa shape index (κ3) is 7.00. The van der Waals surface area contributed by atoms with Crippen LogP contribution in [0.5, 0.6) is 0 Å². The number of benzene rings is 3. The molecule has 0 saturated heterocycles. The van der Waals surface area contributed by atoms with Gasteiger partial charge in [-0.3, -0.25) is 9.71 Å². The minimum atomic E-state index is -3.74. The van der Waals surface area contributed by atoms with Gasteiger partial charge in [0.2, 0.25) is 0 Å². The molecule has 5 aromatic rings. The van der Waals surface area contributed by atoms with Gasteiger partial charge in [0.15, 0.2) is 0 Å². The van der Waals surface area contributed by atoms with E-state index in [0.29, 0.717) is 18.8 Å². The SMILES string of the molecule is Cc1ccc(-c2csc(-c3ccc(S(=O)(=O)Nc4ccc(CCNCC(O)c5cccnc5)cc4)cc3)n2)cc1. The summed E-state index contributed by atoms with van der Waals surface area (Å²) >= 11 is 1.53. The molecule has 1 atom stereocenters. The standard InChI is InChI=1S/C31H30N4O3S2/c1-22-4-8-24(9-5-22)29-21-39-31(34-29)25-10-14-28(15-11-25)40(37,38)35-27-12-6-23(7-13-27)16-18-33-20-30(36)26-3-2-17-32-19-26/h2-15,17,19,21,30,33,35-36H,16,18,20H2,1H3. The largest absolute Gasteiger partial charge is 0.387 e. The van der Waals surface area contributed by atoms with E-state index < -0.39 is 16.1 Å². The summed E-state index contributed by atoms with van der Waals surface area (Å²) in [6, 6.07) is 25.9. The van der Waals surface area contributed by atoms with E-state index in [4.69, 9.17) is 4.98 Å². The predicted molar refractivity (Wildman–Crippen MR) is 161 cm³/mol. The van der Waals surface area contributed by atoms with Crippen LogP contribution in [0.3, 0.4) is 0 Å². The minimum absolute atomic E-state index is 0.187. The van der Waals surface area contributed by atoms with Gasteiger partial charge in [0.25, 0.3) is 10.0 Å². The lowest BCUT2D eigenvalue weighted by atomic mass is 10.1. The maximum absolute atomic E-state index is 13.0. The number of anilines is 1. The Bertz CT molecular complexity index is 1640. The molecule has 9 heteroatoms. The lowest BCUT2D eigenvalue weighted by Crippen LogP contribution is -2.23. The van der Waals surface area contributed by atoms with Crippen molar-refractivity contribution in [3.8, 4) is 21.8 Å². The van der Waals surface area contributed by atoms with Crippen LogP contribution in [0.1, 0.15) is 22.8 Å². The summed E-state index contributed by atoms with van der Waals surface area (Å²) in [6.45, 7) is 3.16. The lowest BCUT2D eigenvalue weighted by Gasteiger charge is -2.12. The third-order valence-corrected chi connectivity index (χ3v) is 8.76. The number of aliphatic hydroxyl groups excluding tert-OH is 1. The quantitative estimate of drug-likeness (QED) is 0.172. The van der Waals surface area contributed by atoms with Gasteiger partial charge in [-0.2, -0.15) is 0 Å². The molecule has 0 saturated carbocycles. The molecule has 5 rings (SSSR count). The average molecular weight is 571 g/mol. The second kappa shape index (κ2) is 12.5. The number of pyridine rings is 1. The first-order valence-electron chi connectivity index (χ1n) is 12.9.